The van der Waals surface area contributed by atoms with Crippen molar-refractivity contribution >= 4 is 35.0 Å². The lowest BCUT2D eigenvalue weighted by Crippen LogP contribution is -2.56. The number of nitrogens with zero attached hydrogens (tertiary/aromatic N) is 3. The fourth-order valence-corrected chi connectivity index (χ4v) is 6.73. The molecule has 8 nitrogen and oxygen atoms in total. The molecule has 4 rings (SSSR count). The van der Waals surface area contributed by atoms with E-state index in [2.05, 4.69) is 13.2 Å². The Bertz CT molecular complexity index is 1100. The molecule has 1 aromatic rings. The molecule has 3 aliphatic rings. The summed E-state index contributed by atoms with van der Waals surface area (Å²) in [5, 5.41) is 9.76. The van der Waals surface area contributed by atoms with Gasteiger partial charge in [-0.05, 0) is 44.7 Å². The fourth-order valence-electron chi connectivity index (χ4n) is 6.49. The Kier molecular flexibility index (Phi) is 7.83. The summed E-state index contributed by atoms with van der Waals surface area (Å²) >= 11 is 6.49. The number of rotatable bonds is 11. The molecule has 1 spiro atoms. The SMILES string of the molecule is C=CCN(C)C(=O)[C@H]1[C@H]2C(=O)N(CCCCO)C(C(=O)N(CC=C)c3ccccc3Cl)C23CC[C@]1(C)O3. The van der Waals surface area contributed by atoms with Gasteiger partial charge in [-0.1, -0.05) is 35.9 Å². The monoisotopic (exact) mass is 529 g/mol. The Balaban J connectivity index is 1.80. The number of anilines is 1. The Labute approximate surface area is 223 Å². The summed E-state index contributed by atoms with van der Waals surface area (Å²) in [6.45, 7) is 10.2. The van der Waals surface area contributed by atoms with Crippen molar-refractivity contribution in [2.24, 2.45) is 11.8 Å². The number of fused-ring (bicyclic) bond motifs is 1. The highest BCUT2D eigenvalue weighted by atomic mass is 35.5. The molecule has 2 unspecified atom stereocenters. The molecule has 3 aliphatic heterocycles. The van der Waals surface area contributed by atoms with Crippen LogP contribution in [0.4, 0.5) is 5.69 Å². The molecule has 0 radical (unpaired) electrons. The van der Waals surface area contributed by atoms with E-state index in [1.165, 1.54) is 0 Å². The van der Waals surface area contributed by atoms with E-state index in [4.69, 9.17) is 16.3 Å². The molecule has 3 amide bonds. The Hall–Kier alpha value is -2.68. The maximum Gasteiger partial charge on any atom is 0.253 e. The van der Waals surface area contributed by atoms with Crippen LogP contribution in [0.2, 0.25) is 5.02 Å². The van der Waals surface area contributed by atoms with Gasteiger partial charge in [-0.25, -0.2) is 0 Å². The zero-order chi connectivity index (χ0) is 27.0. The lowest BCUT2D eigenvalue weighted by Gasteiger charge is -2.37. The first-order valence-electron chi connectivity index (χ1n) is 12.8. The van der Waals surface area contributed by atoms with Crippen LogP contribution in [0.3, 0.4) is 0 Å². The van der Waals surface area contributed by atoms with Crippen LogP contribution in [0.15, 0.2) is 49.6 Å². The topological polar surface area (TPSA) is 90.4 Å². The number of halogens is 1. The second-order valence-electron chi connectivity index (χ2n) is 10.4. The van der Waals surface area contributed by atoms with Crippen molar-refractivity contribution in [3.63, 3.8) is 0 Å². The van der Waals surface area contributed by atoms with E-state index in [1.54, 1.807) is 58.2 Å². The molecular weight excluding hydrogens is 494 g/mol. The molecule has 2 bridgehead atoms. The molecule has 9 heteroatoms. The van der Waals surface area contributed by atoms with Gasteiger partial charge < -0.3 is 24.5 Å². The van der Waals surface area contributed by atoms with E-state index in [9.17, 15) is 19.5 Å². The molecule has 200 valence electrons. The van der Waals surface area contributed by atoms with Crippen LogP contribution in [0.1, 0.15) is 32.6 Å². The number of benzene rings is 1. The number of carbonyl (C=O) groups excluding carboxylic acids is 3. The first-order valence-corrected chi connectivity index (χ1v) is 13.2. The van der Waals surface area contributed by atoms with Gasteiger partial charge in [0.15, 0.2) is 0 Å². The van der Waals surface area contributed by atoms with E-state index in [-0.39, 0.29) is 37.4 Å². The van der Waals surface area contributed by atoms with Gasteiger partial charge in [0, 0.05) is 33.3 Å². The molecule has 1 aromatic carbocycles. The molecule has 0 saturated carbocycles. The third kappa shape index (κ3) is 4.39. The molecule has 3 fully saturated rings. The number of likely N-dealkylation sites (tertiary alicyclic amines) is 1. The summed E-state index contributed by atoms with van der Waals surface area (Å²) in [6, 6.07) is 6.13. The van der Waals surface area contributed by atoms with Gasteiger partial charge in [0.2, 0.25) is 11.8 Å². The number of aliphatic hydroxyl groups excluding tert-OH is 1. The highest BCUT2D eigenvalue weighted by Gasteiger charge is 2.78. The molecule has 5 atom stereocenters. The summed E-state index contributed by atoms with van der Waals surface area (Å²) in [5.74, 6) is -2.22. The number of aliphatic hydroxyl groups is 1. The van der Waals surface area contributed by atoms with E-state index >= 15 is 0 Å². The highest BCUT2D eigenvalue weighted by molar-refractivity contribution is 6.34. The van der Waals surface area contributed by atoms with Crippen molar-refractivity contribution in [1.29, 1.82) is 0 Å². The minimum Gasteiger partial charge on any atom is -0.396 e. The number of hydrogen-bond acceptors (Lipinski definition) is 5. The number of likely N-dealkylation sites (N-methyl/N-ethyl adjacent to an activating group) is 1. The van der Waals surface area contributed by atoms with Gasteiger partial charge in [-0.3, -0.25) is 14.4 Å². The first kappa shape index (κ1) is 27.4. The minimum atomic E-state index is -1.13. The Morgan fingerprint density at radius 2 is 1.89 bits per heavy atom. The molecule has 1 N–H and O–H groups in total. The first-order chi connectivity index (χ1) is 17.7. The van der Waals surface area contributed by atoms with Crippen LogP contribution in [-0.4, -0.2) is 83.2 Å². The summed E-state index contributed by atoms with van der Waals surface area (Å²) in [6.07, 6.45) is 5.34. The maximum absolute atomic E-state index is 14.4. The highest BCUT2D eigenvalue weighted by Crippen LogP contribution is 2.63. The molecule has 0 aromatic heterocycles. The normalized spacial score (nSPS) is 29.8. The number of unbranched alkanes of at least 4 members (excludes halogenated alkanes) is 1. The van der Waals surface area contributed by atoms with Crippen molar-refractivity contribution in [1.82, 2.24) is 9.80 Å². The Morgan fingerprint density at radius 3 is 2.54 bits per heavy atom. The molecular formula is C28H36ClN3O5. The van der Waals surface area contributed by atoms with Crippen molar-refractivity contribution in [3.05, 3.63) is 54.6 Å². The van der Waals surface area contributed by atoms with Crippen LogP contribution in [0.25, 0.3) is 0 Å². The number of hydrogen-bond donors (Lipinski definition) is 1. The second-order valence-corrected chi connectivity index (χ2v) is 10.8. The van der Waals surface area contributed by atoms with Gasteiger partial charge in [0.05, 0.1) is 28.1 Å². The number of amides is 3. The van der Waals surface area contributed by atoms with Gasteiger partial charge in [-0.2, -0.15) is 0 Å². The molecule has 37 heavy (non-hydrogen) atoms. The van der Waals surface area contributed by atoms with Gasteiger partial charge in [0.25, 0.3) is 5.91 Å². The third-order valence-corrected chi connectivity index (χ3v) is 8.40. The van der Waals surface area contributed by atoms with Crippen LogP contribution in [-0.2, 0) is 19.1 Å². The number of ether oxygens (including phenoxy) is 1. The second kappa shape index (κ2) is 10.6. The van der Waals surface area contributed by atoms with Gasteiger partial charge in [0.1, 0.15) is 11.6 Å². The van der Waals surface area contributed by atoms with Gasteiger partial charge in [-0.15, -0.1) is 13.2 Å². The van der Waals surface area contributed by atoms with E-state index in [1.807, 2.05) is 6.92 Å². The summed E-state index contributed by atoms with van der Waals surface area (Å²) in [7, 11) is 1.69. The number of para-hydroxylation sites is 1. The Morgan fingerprint density at radius 1 is 1.19 bits per heavy atom. The average molecular weight is 530 g/mol. The summed E-state index contributed by atoms with van der Waals surface area (Å²) in [5.41, 5.74) is -1.46. The van der Waals surface area contributed by atoms with Crippen LogP contribution < -0.4 is 4.90 Å². The van der Waals surface area contributed by atoms with Crippen LogP contribution in [0.5, 0.6) is 0 Å². The van der Waals surface area contributed by atoms with Crippen LogP contribution in [0, 0.1) is 11.8 Å². The molecule has 0 aliphatic carbocycles. The van der Waals surface area contributed by atoms with Crippen molar-refractivity contribution in [2.45, 2.75) is 49.9 Å². The number of carbonyl (C=O) groups is 3. The molecule has 3 saturated heterocycles. The van der Waals surface area contributed by atoms with E-state index in [0.717, 1.165) is 0 Å². The summed E-state index contributed by atoms with van der Waals surface area (Å²) < 4.78 is 6.68. The van der Waals surface area contributed by atoms with E-state index in [0.29, 0.717) is 42.9 Å². The lowest BCUT2D eigenvalue weighted by atomic mass is 9.66. The van der Waals surface area contributed by atoms with Crippen molar-refractivity contribution in [2.75, 3.05) is 38.2 Å². The van der Waals surface area contributed by atoms with Gasteiger partial charge >= 0.3 is 0 Å². The fraction of sp³-hybridized carbons (Fsp3) is 0.536. The van der Waals surface area contributed by atoms with Crippen molar-refractivity contribution < 1.29 is 24.2 Å². The predicted octanol–water partition coefficient (Wildman–Crippen LogP) is 3.04. The van der Waals surface area contributed by atoms with Crippen molar-refractivity contribution in [3.8, 4) is 0 Å². The predicted molar refractivity (Wildman–Crippen MR) is 142 cm³/mol. The quantitative estimate of drug-likeness (QED) is 0.351. The zero-order valence-electron chi connectivity index (χ0n) is 21.6. The van der Waals surface area contributed by atoms with E-state index < -0.39 is 29.1 Å². The standard InChI is InChI=1S/C28H36ClN3O5/c1-5-15-30(4)24(34)21-22-25(35)32(17-9-10-18-33)23(28(22)14-13-27(21,3)37-28)26(36)31(16-6-2)20-12-8-7-11-19(20)29/h5-8,11-12,21-23,33H,1-2,9-10,13-18H2,3-4H3/t21-,22+,23?,27+,28?/m1/s1. The summed E-state index contributed by atoms with van der Waals surface area (Å²) in [4.78, 5) is 46.8. The van der Waals surface area contributed by atoms with Crippen LogP contribution >= 0.6 is 11.6 Å². The average Bonchev–Trinajstić information content (AvgIpc) is 3.43. The largest absolute Gasteiger partial charge is 0.396 e. The molecule has 3 heterocycles. The zero-order valence-corrected chi connectivity index (χ0v) is 22.3. The minimum absolute atomic E-state index is 0.0144. The third-order valence-electron chi connectivity index (χ3n) is 8.08. The maximum atomic E-state index is 14.4. The smallest absolute Gasteiger partial charge is 0.253 e. The lowest BCUT2D eigenvalue weighted by molar-refractivity contribution is -0.149.